The fraction of sp³-hybridized carbons (Fsp3) is 0.333. The predicted octanol–water partition coefficient (Wildman–Crippen LogP) is 2.65. The Morgan fingerprint density at radius 3 is 2.32 bits per heavy atom. The van der Waals surface area contributed by atoms with E-state index in [9.17, 15) is 0 Å². The minimum Gasteiger partial charge on any atom is -0.331 e. The molecule has 1 aliphatic heterocycles. The third-order valence-electron chi connectivity index (χ3n) is 4.19. The lowest BCUT2D eigenvalue weighted by atomic mass is 9.90. The Kier molecular flexibility index (Phi) is 3.95. The molecule has 1 aliphatic rings. The van der Waals surface area contributed by atoms with Crippen molar-refractivity contribution in [3.8, 4) is 0 Å². The molecule has 0 radical (unpaired) electrons. The molecule has 19 heavy (non-hydrogen) atoms. The second-order valence-electron chi connectivity index (χ2n) is 5.62. The minimum absolute atomic E-state index is 0.744. The molecule has 2 aromatic rings. The fourth-order valence-corrected chi connectivity index (χ4v) is 3.21. The number of nitrogens with one attached hydrogen (secondary N) is 1. The van der Waals surface area contributed by atoms with E-state index in [0.29, 0.717) is 0 Å². The van der Waals surface area contributed by atoms with Crippen LogP contribution in [0.5, 0.6) is 0 Å². The third kappa shape index (κ3) is 3.24. The minimum atomic E-state index is 0.744. The van der Waals surface area contributed by atoms with Gasteiger partial charge in [-0.05, 0) is 18.4 Å². The van der Waals surface area contributed by atoms with E-state index < -0.39 is 0 Å². The number of hydrogen-bond donors (Lipinski definition) is 1. The summed E-state index contributed by atoms with van der Waals surface area (Å²) in [4.78, 5) is 1.73. The summed E-state index contributed by atoms with van der Waals surface area (Å²) in [6.45, 7) is 3.77. The Hall–Kier alpha value is -1.60. The molecule has 0 spiro atoms. The van der Waals surface area contributed by atoms with Gasteiger partial charge in [-0.15, -0.1) is 0 Å². The molecule has 2 atom stereocenters. The number of quaternary nitrogens is 1. The Morgan fingerprint density at radius 2 is 1.58 bits per heavy atom. The highest BCUT2D eigenvalue weighted by Gasteiger charge is 2.24. The molecule has 1 heteroatoms. The second-order valence-corrected chi connectivity index (χ2v) is 5.62. The van der Waals surface area contributed by atoms with Crippen LogP contribution < -0.4 is 4.90 Å². The van der Waals surface area contributed by atoms with E-state index in [1.807, 2.05) is 0 Å². The summed E-state index contributed by atoms with van der Waals surface area (Å²) in [5, 5.41) is 0. The maximum absolute atomic E-state index is 2.29. The van der Waals surface area contributed by atoms with Gasteiger partial charge in [0, 0.05) is 11.5 Å². The molecule has 1 fully saturated rings. The normalized spacial score (nSPS) is 23.2. The molecule has 3 rings (SSSR count). The first-order valence-corrected chi connectivity index (χ1v) is 7.34. The smallest absolute Gasteiger partial charge is 0.103 e. The molecule has 98 valence electrons. The number of piperidine rings is 1. The first kappa shape index (κ1) is 12.4. The largest absolute Gasteiger partial charge is 0.331 e. The van der Waals surface area contributed by atoms with Crippen molar-refractivity contribution in [1.82, 2.24) is 0 Å². The van der Waals surface area contributed by atoms with Crippen LogP contribution in [0, 0.1) is 0 Å². The predicted molar refractivity (Wildman–Crippen MR) is 79.3 cm³/mol. The Bertz CT molecular complexity index is 492. The fourth-order valence-electron chi connectivity index (χ4n) is 3.21. The molecule has 0 bridgehead atoms. The lowest BCUT2D eigenvalue weighted by Crippen LogP contribution is -3.12. The number of benzene rings is 2. The first-order chi connectivity index (χ1) is 9.42. The van der Waals surface area contributed by atoms with E-state index in [2.05, 4.69) is 60.7 Å². The van der Waals surface area contributed by atoms with Gasteiger partial charge in [0.15, 0.2) is 0 Å². The van der Waals surface area contributed by atoms with Crippen molar-refractivity contribution in [1.29, 1.82) is 0 Å². The van der Waals surface area contributed by atoms with Crippen LogP contribution in [0.25, 0.3) is 0 Å². The highest BCUT2D eigenvalue weighted by Crippen LogP contribution is 2.21. The maximum atomic E-state index is 2.29. The monoisotopic (exact) mass is 252 g/mol. The molecule has 1 heterocycles. The van der Waals surface area contributed by atoms with Gasteiger partial charge in [0.25, 0.3) is 0 Å². The third-order valence-corrected chi connectivity index (χ3v) is 4.19. The summed E-state index contributed by atoms with van der Waals surface area (Å²) >= 11 is 0. The van der Waals surface area contributed by atoms with Gasteiger partial charge in [0.2, 0.25) is 0 Å². The van der Waals surface area contributed by atoms with Gasteiger partial charge < -0.3 is 4.90 Å². The van der Waals surface area contributed by atoms with Crippen molar-refractivity contribution in [2.75, 3.05) is 13.1 Å². The zero-order valence-corrected chi connectivity index (χ0v) is 11.4. The first-order valence-electron chi connectivity index (χ1n) is 7.34. The van der Waals surface area contributed by atoms with Gasteiger partial charge in [-0.25, -0.2) is 0 Å². The molecule has 2 aromatic carbocycles. The van der Waals surface area contributed by atoms with E-state index in [1.54, 1.807) is 4.90 Å². The van der Waals surface area contributed by atoms with Crippen LogP contribution in [0.2, 0.25) is 0 Å². The summed E-state index contributed by atoms with van der Waals surface area (Å²) < 4.78 is 0. The average molecular weight is 252 g/mol. The zero-order chi connectivity index (χ0) is 12.9. The van der Waals surface area contributed by atoms with E-state index in [1.165, 1.54) is 43.6 Å². The van der Waals surface area contributed by atoms with Crippen LogP contribution in [0.3, 0.4) is 0 Å². The number of hydrogen-bond acceptors (Lipinski definition) is 0. The number of likely N-dealkylation sites (tertiary alicyclic amines) is 1. The molecular formula is C18H22N+. The Labute approximate surface area is 115 Å². The summed E-state index contributed by atoms with van der Waals surface area (Å²) in [5.41, 5.74) is 2.99. The van der Waals surface area contributed by atoms with Crippen molar-refractivity contribution >= 4 is 0 Å². The van der Waals surface area contributed by atoms with Crippen LogP contribution in [0.1, 0.15) is 29.9 Å². The van der Waals surface area contributed by atoms with Crippen LogP contribution in [0.15, 0.2) is 60.7 Å². The van der Waals surface area contributed by atoms with Crippen molar-refractivity contribution in [3.63, 3.8) is 0 Å². The highest BCUT2D eigenvalue weighted by atomic mass is 15.1. The van der Waals surface area contributed by atoms with Gasteiger partial charge in [-0.3, -0.25) is 0 Å². The van der Waals surface area contributed by atoms with Crippen molar-refractivity contribution < 1.29 is 4.90 Å². The zero-order valence-electron chi connectivity index (χ0n) is 11.4. The van der Waals surface area contributed by atoms with E-state index in [-0.39, 0.29) is 0 Å². The number of rotatable bonds is 3. The van der Waals surface area contributed by atoms with Crippen molar-refractivity contribution in [2.24, 2.45) is 0 Å². The molecule has 1 saturated heterocycles. The second kappa shape index (κ2) is 6.03. The van der Waals surface area contributed by atoms with Crippen LogP contribution in [0.4, 0.5) is 0 Å². The molecule has 0 amide bonds. The summed E-state index contributed by atoms with van der Waals surface area (Å²) in [6.07, 6.45) is 2.70. The molecule has 1 nitrogen and oxygen atoms in total. The average Bonchev–Trinajstić information content (AvgIpc) is 2.49. The summed E-state index contributed by atoms with van der Waals surface area (Å²) in [6, 6.07) is 21.9. The molecule has 1 N–H and O–H groups in total. The van der Waals surface area contributed by atoms with Gasteiger partial charge in [0.05, 0.1) is 13.1 Å². The standard InChI is InChI=1S/C18H21N/c1-3-8-16(9-4-1)14-19-13-7-12-18(15-19)17-10-5-2-6-11-17/h1-6,8-11,18H,7,12-15H2/p+1/t18-/m1/s1. The van der Waals surface area contributed by atoms with Gasteiger partial charge in [0.1, 0.15) is 6.54 Å². The molecular weight excluding hydrogens is 230 g/mol. The quantitative estimate of drug-likeness (QED) is 0.856. The van der Waals surface area contributed by atoms with Crippen molar-refractivity contribution in [2.45, 2.75) is 25.3 Å². The molecule has 0 saturated carbocycles. The Morgan fingerprint density at radius 1 is 0.895 bits per heavy atom. The maximum Gasteiger partial charge on any atom is 0.103 e. The summed E-state index contributed by atoms with van der Waals surface area (Å²) in [7, 11) is 0. The lowest BCUT2D eigenvalue weighted by molar-refractivity contribution is -0.920. The van der Waals surface area contributed by atoms with E-state index >= 15 is 0 Å². The van der Waals surface area contributed by atoms with Gasteiger partial charge >= 0.3 is 0 Å². The summed E-state index contributed by atoms with van der Waals surface area (Å²) in [5.74, 6) is 0.744. The lowest BCUT2D eigenvalue weighted by Gasteiger charge is -2.30. The van der Waals surface area contributed by atoms with Crippen molar-refractivity contribution in [3.05, 3.63) is 71.8 Å². The topological polar surface area (TPSA) is 4.44 Å². The van der Waals surface area contributed by atoms with E-state index in [0.717, 1.165) is 5.92 Å². The van der Waals surface area contributed by atoms with Gasteiger partial charge in [-0.1, -0.05) is 60.7 Å². The van der Waals surface area contributed by atoms with Gasteiger partial charge in [-0.2, -0.15) is 0 Å². The highest BCUT2D eigenvalue weighted by molar-refractivity contribution is 5.19. The Balaban J connectivity index is 1.65. The molecule has 0 aromatic heterocycles. The van der Waals surface area contributed by atoms with Crippen LogP contribution in [-0.4, -0.2) is 13.1 Å². The molecule has 1 unspecified atom stereocenters. The van der Waals surface area contributed by atoms with Crippen LogP contribution in [-0.2, 0) is 6.54 Å². The molecule has 0 aliphatic carbocycles. The SMILES string of the molecule is c1ccc(C[NH+]2CCC[C@@H](c3ccccc3)C2)cc1. The van der Waals surface area contributed by atoms with Crippen LogP contribution >= 0.6 is 0 Å². The van der Waals surface area contributed by atoms with E-state index in [4.69, 9.17) is 0 Å².